The fraction of sp³-hybridized carbons (Fsp3) is 0.500. The number of aromatic carboxylic acids is 1. The number of halogens is 1. The Morgan fingerprint density at radius 1 is 0.900 bits per heavy atom. The summed E-state index contributed by atoms with van der Waals surface area (Å²) < 4.78 is 6.15. The average Bonchev–Trinajstić information content (AvgIpc) is 3.96. The standard InChI is InChI=1S/C25H27N7O2S.C17H24BrN5O2/c1-25(26)7-10-31(11-8-25)20-13-27-21-17(29-20)12-28-22(21)32-9-3-5-15-16(4-2-6-19(15)32)23-30-18(14-35-23)24(33)34;1-16(2,3)25-15(24)22-17(4)5-7-23(8-6-17)12-10-19-13-11(21-12)9-20-14(13)18/h2,4,6,13-14H,3,5,7-12,26H2,1H3,(H,33,34);10H,5-9H2,1-4H3,(H,22,24). The molecule has 18 heteroatoms. The number of ether oxygens (including phenoxy) is 1. The van der Waals surface area contributed by atoms with Crippen molar-refractivity contribution in [2.24, 2.45) is 15.7 Å². The van der Waals surface area contributed by atoms with Crippen LogP contribution in [-0.2, 0) is 24.2 Å². The Kier molecular flexibility index (Phi) is 11.4. The fourth-order valence-electron chi connectivity index (χ4n) is 8.07. The summed E-state index contributed by atoms with van der Waals surface area (Å²) >= 11 is 4.76. The summed E-state index contributed by atoms with van der Waals surface area (Å²) in [4.78, 5) is 62.5. The van der Waals surface area contributed by atoms with Gasteiger partial charge in [0, 0.05) is 60.4 Å². The number of amides is 1. The van der Waals surface area contributed by atoms with Crippen molar-refractivity contribution in [2.75, 3.05) is 47.4 Å². The summed E-state index contributed by atoms with van der Waals surface area (Å²) in [5.74, 6) is 1.62. The molecule has 0 radical (unpaired) electrons. The number of hydrogen-bond donors (Lipinski definition) is 3. The Labute approximate surface area is 361 Å². The number of aromatic nitrogens is 5. The maximum atomic E-state index is 12.1. The van der Waals surface area contributed by atoms with Crippen LogP contribution in [0.3, 0.4) is 0 Å². The number of alkyl carbamates (subject to hydrolysis) is 1. The molecule has 3 aromatic heterocycles. The second kappa shape index (κ2) is 16.4. The highest BCUT2D eigenvalue weighted by molar-refractivity contribution is 9.18. The molecule has 316 valence electrons. The van der Waals surface area contributed by atoms with Crippen molar-refractivity contribution in [1.82, 2.24) is 30.2 Å². The number of nitrogens with zero attached hydrogens (tertiary/aromatic N) is 10. The fourth-order valence-corrected chi connectivity index (χ4v) is 9.37. The van der Waals surface area contributed by atoms with Crippen LogP contribution in [0.1, 0.15) is 106 Å². The lowest BCUT2D eigenvalue weighted by molar-refractivity contribution is 0.0447. The molecule has 4 N–H and O–H groups in total. The summed E-state index contributed by atoms with van der Waals surface area (Å²) in [5.41, 5.74) is 12.2. The highest BCUT2D eigenvalue weighted by atomic mass is 79.9. The summed E-state index contributed by atoms with van der Waals surface area (Å²) in [6, 6.07) is 6.12. The lowest BCUT2D eigenvalue weighted by Gasteiger charge is -2.40. The first-order valence-electron chi connectivity index (χ1n) is 20.4. The number of fused-ring (bicyclic) bond motifs is 3. The third-order valence-electron chi connectivity index (χ3n) is 11.5. The van der Waals surface area contributed by atoms with Gasteiger partial charge in [0.1, 0.15) is 38.3 Å². The van der Waals surface area contributed by atoms with E-state index >= 15 is 0 Å². The van der Waals surface area contributed by atoms with Gasteiger partial charge in [-0.2, -0.15) is 0 Å². The van der Waals surface area contributed by atoms with Gasteiger partial charge in [-0.05, 0) is 101 Å². The van der Waals surface area contributed by atoms with E-state index in [0.29, 0.717) is 13.1 Å². The molecule has 1 aromatic carbocycles. The Morgan fingerprint density at radius 2 is 1.53 bits per heavy atom. The predicted molar refractivity (Wildman–Crippen MR) is 237 cm³/mol. The van der Waals surface area contributed by atoms with Crippen molar-refractivity contribution in [3.8, 4) is 10.6 Å². The SMILES string of the molecule is CC1(N)CCN(c2cnc3c(n2)CN=C3N2CCCc3c(-c4nc(C(=O)O)cs4)cccc32)CC1.CC1(NC(=O)OC(C)(C)C)CCN(c2cnc3c(n2)CN=C3Br)CC1. The average molecular weight is 900 g/mol. The highest BCUT2D eigenvalue weighted by Gasteiger charge is 2.35. The van der Waals surface area contributed by atoms with Gasteiger partial charge >= 0.3 is 12.1 Å². The van der Waals surface area contributed by atoms with Crippen LogP contribution in [0.15, 0.2) is 46.0 Å². The number of rotatable bonds is 5. The minimum Gasteiger partial charge on any atom is -0.476 e. The number of aliphatic imine (C=N–C) groups is 2. The van der Waals surface area contributed by atoms with Crippen molar-refractivity contribution in [3.63, 3.8) is 0 Å². The van der Waals surface area contributed by atoms with Crippen molar-refractivity contribution in [1.29, 1.82) is 0 Å². The molecular formula is C42H51BrN12O4S. The third kappa shape index (κ3) is 9.00. The van der Waals surface area contributed by atoms with Crippen LogP contribution in [-0.4, -0.2) is 102 Å². The molecule has 2 saturated heterocycles. The monoisotopic (exact) mass is 898 g/mol. The molecule has 8 heterocycles. The topological polar surface area (TPSA) is 201 Å². The quantitative estimate of drug-likeness (QED) is 0.201. The number of hydrogen-bond acceptors (Lipinski definition) is 15. The van der Waals surface area contributed by atoms with E-state index in [1.54, 1.807) is 11.6 Å². The lowest BCUT2D eigenvalue weighted by atomic mass is 9.90. The van der Waals surface area contributed by atoms with Crippen LogP contribution in [0.25, 0.3) is 10.6 Å². The zero-order valence-corrected chi connectivity index (χ0v) is 37.1. The Bertz CT molecular complexity index is 2360. The van der Waals surface area contributed by atoms with Crippen LogP contribution in [0.5, 0.6) is 0 Å². The first-order valence-corrected chi connectivity index (χ1v) is 22.1. The smallest absolute Gasteiger partial charge is 0.408 e. The van der Waals surface area contributed by atoms with Gasteiger partial charge in [-0.25, -0.2) is 34.5 Å². The van der Waals surface area contributed by atoms with Crippen molar-refractivity contribution in [3.05, 3.63) is 70.0 Å². The summed E-state index contributed by atoms with van der Waals surface area (Å²) in [5, 5.41) is 14.6. The number of piperidine rings is 2. The lowest BCUT2D eigenvalue weighted by Crippen LogP contribution is -2.54. The van der Waals surface area contributed by atoms with Crippen molar-refractivity contribution in [2.45, 2.75) is 103 Å². The molecule has 16 nitrogen and oxygen atoms in total. The summed E-state index contributed by atoms with van der Waals surface area (Å²) in [7, 11) is 0. The number of carbonyl (C=O) groups excluding carboxylic acids is 1. The largest absolute Gasteiger partial charge is 0.476 e. The van der Waals surface area contributed by atoms with Crippen LogP contribution < -0.4 is 25.8 Å². The number of anilines is 3. The van der Waals surface area contributed by atoms with E-state index in [-0.39, 0.29) is 22.9 Å². The molecule has 60 heavy (non-hydrogen) atoms. The Hall–Kier alpha value is -5.07. The number of nitrogens with two attached hydrogens (primary N) is 1. The van der Waals surface area contributed by atoms with E-state index in [2.05, 4.69) is 70.8 Å². The number of carboxylic acids is 1. The van der Waals surface area contributed by atoms with Crippen LogP contribution >= 0.6 is 27.3 Å². The van der Waals surface area contributed by atoms with Gasteiger partial charge in [0.2, 0.25) is 0 Å². The van der Waals surface area contributed by atoms with Gasteiger partial charge in [-0.15, -0.1) is 11.3 Å². The first kappa shape index (κ1) is 41.7. The highest BCUT2D eigenvalue weighted by Crippen LogP contribution is 2.38. The molecule has 2 fully saturated rings. The Balaban J connectivity index is 0.000000177. The number of thiazole rings is 1. The van der Waals surface area contributed by atoms with E-state index in [4.69, 9.17) is 30.4 Å². The molecule has 0 saturated carbocycles. The molecule has 5 aliphatic heterocycles. The van der Waals surface area contributed by atoms with Gasteiger partial charge in [0.15, 0.2) is 11.5 Å². The van der Waals surface area contributed by atoms with Gasteiger partial charge in [0.25, 0.3) is 0 Å². The third-order valence-corrected chi connectivity index (χ3v) is 13.0. The van der Waals surface area contributed by atoms with Crippen LogP contribution in [0, 0.1) is 0 Å². The predicted octanol–water partition coefficient (Wildman–Crippen LogP) is 6.34. The number of nitrogens with one attached hydrogen (secondary N) is 1. The van der Waals surface area contributed by atoms with Crippen LogP contribution in [0.4, 0.5) is 22.1 Å². The first-order chi connectivity index (χ1) is 28.5. The molecule has 9 rings (SSSR count). The zero-order valence-electron chi connectivity index (χ0n) is 34.7. The Morgan fingerprint density at radius 3 is 2.18 bits per heavy atom. The van der Waals surface area contributed by atoms with Crippen molar-refractivity contribution < 1.29 is 19.4 Å². The number of benzene rings is 1. The normalized spacial score (nSPS) is 18.9. The minimum absolute atomic E-state index is 0.0836. The molecule has 0 unspecified atom stereocenters. The van der Waals surface area contributed by atoms with E-state index in [0.717, 1.165) is 132 Å². The summed E-state index contributed by atoms with van der Waals surface area (Å²) in [6.07, 6.45) is 8.70. The molecule has 0 bridgehead atoms. The molecule has 5 aliphatic rings. The maximum absolute atomic E-state index is 12.1. The van der Waals surface area contributed by atoms with Gasteiger partial charge in [-0.1, -0.05) is 12.1 Å². The molecule has 0 spiro atoms. The number of amidine groups is 1. The second-order valence-corrected chi connectivity index (χ2v) is 19.1. The van der Waals surface area contributed by atoms with Gasteiger partial charge in [-0.3, -0.25) is 9.98 Å². The van der Waals surface area contributed by atoms with E-state index < -0.39 is 11.6 Å². The van der Waals surface area contributed by atoms with Gasteiger partial charge in [0.05, 0.1) is 36.9 Å². The van der Waals surface area contributed by atoms with Gasteiger partial charge < -0.3 is 35.6 Å². The zero-order chi connectivity index (χ0) is 42.4. The van der Waals surface area contributed by atoms with Crippen molar-refractivity contribution >= 4 is 67.1 Å². The number of carboxylic acid groups (broad SMARTS) is 1. The molecule has 4 aromatic rings. The molecule has 0 atom stereocenters. The molecule has 0 aliphatic carbocycles. The van der Waals surface area contributed by atoms with E-state index in [9.17, 15) is 14.7 Å². The molecule has 1 amide bonds. The van der Waals surface area contributed by atoms with Crippen LogP contribution in [0.2, 0.25) is 0 Å². The number of carbonyl (C=O) groups is 2. The second-order valence-electron chi connectivity index (χ2n) is 17.5. The molecular weight excluding hydrogens is 849 g/mol. The van der Waals surface area contributed by atoms with E-state index in [1.807, 2.05) is 39.1 Å². The minimum atomic E-state index is -1.00. The summed E-state index contributed by atoms with van der Waals surface area (Å²) in [6.45, 7) is 15.1. The van der Waals surface area contributed by atoms with E-state index in [1.165, 1.54) is 16.9 Å². The maximum Gasteiger partial charge on any atom is 0.408 e.